The molecule has 2 heteroatoms. The highest BCUT2D eigenvalue weighted by atomic mass is 16.1. The molecular weight excluding hydrogens is 258 g/mol. The monoisotopic (exact) mass is 281 g/mol. The van der Waals surface area contributed by atoms with Crippen molar-refractivity contribution in [1.82, 2.24) is 4.90 Å². The lowest BCUT2D eigenvalue weighted by Gasteiger charge is -2.26. The number of rotatable bonds is 6. The predicted octanol–water partition coefficient (Wildman–Crippen LogP) is 4.09. The van der Waals surface area contributed by atoms with Gasteiger partial charge in [0.15, 0.2) is 5.78 Å². The zero-order valence-corrected chi connectivity index (χ0v) is 13.0. The highest BCUT2D eigenvalue weighted by molar-refractivity contribution is 6.00. The fraction of sp³-hybridized carbons (Fsp3) is 0.316. The average Bonchev–Trinajstić information content (AvgIpc) is 2.51. The van der Waals surface area contributed by atoms with Crippen molar-refractivity contribution < 1.29 is 4.79 Å². The van der Waals surface area contributed by atoms with Gasteiger partial charge in [0.1, 0.15) is 0 Å². The van der Waals surface area contributed by atoms with Crippen LogP contribution >= 0.6 is 0 Å². The summed E-state index contributed by atoms with van der Waals surface area (Å²) in [6.07, 6.45) is 0.816. The van der Waals surface area contributed by atoms with Gasteiger partial charge in [-0.05, 0) is 26.0 Å². The largest absolute Gasteiger partial charge is 0.292 e. The molecule has 0 amide bonds. The Hall–Kier alpha value is -1.93. The van der Waals surface area contributed by atoms with E-state index in [4.69, 9.17) is 0 Å². The standard InChI is InChI=1S/C19H23NO/c1-4-18(19(21)17-8-6-5-7-9-17)20(3)14-16-12-10-15(2)11-13-16/h5-13,18H,4,14H2,1-3H3. The Labute approximate surface area is 127 Å². The van der Waals surface area contributed by atoms with E-state index >= 15 is 0 Å². The Bertz CT molecular complexity index is 574. The van der Waals surface area contributed by atoms with Gasteiger partial charge in [0.25, 0.3) is 0 Å². The second kappa shape index (κ2) is 7.19. The van der Waals surface area contributed by atoms with Gasteiger partial charge in [0, 0.05) is 12.1 Å². The zero-order chi connectivity index (χ0) is 15.2. The molecule has 1 atom stereocenters. The molecule has 2 rings (SSSR count). The van der Waals surface area contributed by atoms with Gasteiger partial charge in [0.05, 0.1) is 6.04 Å². The third kappa shape index (κ3) is 4.02. The number of aryl methyl sites for hydroxylation is 1. The molecule has 2 aromatic rings. The first-order chi connectivity index (χ1) is 10.1. The number of likely N-dealkylation sites (N-methyl/N-ethyl adjacent to an activating group) is 1. The van der Waals surface area contributed by atoms with Crippen LogP contribution in [0.15, 0.2) is 54.6 Å². The number of hydrogen-bond donors (Lipinski definition) is 0. The third-order valence-electron chi connectivity index (χ3n) is 3.83. The van der Waals surface area contributed by atoms with E-state index in [2.05, 4.69) is 43.0 Å². The lowest BCUT2D eigenvalue weighted by atomic mass is 10.0. The van der Waals surface area contributed by atoms with E-state index < -0.39 is 0 Å². The summed E-state index contributed by atoms with van der Waals surface area (Å²) in [7, 11) is 2.02. The minimum atomic E-state index is -0.0753. The van der Waals surface area contributed by atoms with Crippen molar-refractivity contribution in [2.45, 2.75) is 32.9 Å². The Balaban J connectivity index is 2.09. The van der Waals surface area contributed by atoms with E-state index in [1.54, 1.807) is 0 Å². The molecular formula is C19H23NO. The van der Waals surface area contributed by atoms with Gasteiger partial charge in [-0.15, -0.1) is 0 Å². The summed E-state index contributed by atoms with van der Waals surface area (Å²) in [4.78, 5) is 14.8. The van der Waals surface area contributed by atoms with Crippen LogP contribution in [0.2, 0.25) is 0 Å². The molecule has 0 spiro atoms. The molecule has 0 bridgehead atoms. The molecule has 21 heavy (non-hydrogen) atoms. The van der Waals surface area contributed by atoms with E-state index in [-0.39, 0.29) is 11.8 Å². The van der Waals surface area contributed by atoms with Crippen LogP contribution in [0.4, 0.5) is 0 Å². The Morgan fingerprint density at radius 3 is 2.24 bits per heavy atom. The number of carbonyl (C=O) groups excluding carboxylic acids is 1. The van der Waals surface area contributed by atoms with Gasteiger partial charge >= 0.3 is 0 Å². The SMILES string of the molecule is CCC(C(=O)c1ccccc1)N(C)Cc1ccc(C)cc1. The van der Waals surface area contributed by atoms with E-state index in [0.29, 0.717) is 0 Å². The quantitative estimate of drug-likeness (QED) is 0.743. The van der Waals surface area contributed by atoms with Crippen LogP contribution in [0.1, 0.15) is 34.8 Å². The summed E-state index contributed by atoms with van der Waals surface area (Å²) in [5.41, 5.74) is 3.29. The average molecular weight is 281 g/mol. The summed E-state index contributed by atoms with van der Waals surface area (Å²) in [5.74, 6) is 0.202. The van der Waals surface area contributed by atoms with Gasteiger partial charge < -0.3 is 0 Å². The molecule has 0 fully saturated rings. The minimum absolute atomic E-state index is 0.0753. The van der Waals surface area contributed by atoms with Crippen molar-refractivity contribution in [3.8, 4) is 0 Å². The topological polar surface area (TPSA) is 20.3 Å². The Morgan fingerprint density at radius 1 is 1.05 bits per heavy atom. The normalized spacial score (nSPS) is 12.4. The molecule has 0 radical (unpaired) electrons. The second-order valence-corrected chi connectivity index (χ2v) is 5.56. The first kappa shape index (κ1) is 15.5. The van der Waals surface area contributed by atoms with Crippen LogP contribution < -0.4 is 0 Å². The van der Waals surface area contributed by atoms with Crippen molar-refractivity contribution in [2.75, 3.05) is 7.05 Å². The van der Waals surface area contributed by atoms with Crippen LogP contribution in [0.25, 0.3) is 0 Å². The fourth-order valence-corrected chi connectivity index (χ4v) is 2.58. The molecule has 2 aromatic carbocycles. The first-order valence-corrected chi connectivity index (χ1v) is 7.47. The number of Topliss-reactive ketones (excluding diaryl/α,β-unsaturated/α-hetero) is 1. The third-order valence-corrected chi connectivity index (χ3v) is 3.83. The molecule has 0 aliphatic rings. The van der Waals surface area contributed by atoms with Crippen LogP contribution in [0.5, 0.6) is 0 Å². The molecule has 0 N–H and O–H groups in total. The van der Waals surface area contributed by atoms with Gasteiger partial charge in [-0.2, -0.15) is 0 Å². The zero-order valence-electron chi connectivity index (χ0n) is 13.0. The highest BCUT2D eigenvalue weighted by Crippen LogP contribution is 2.14. The van der Waals surface area contributed by atoms with Gasteiger partial charge in [-0.25, -0.2) is 0 Å². The summed E-state index contributed by atoms with van der Waals surface area (Å²) < 4.78 is 0. The maximum Gasteiger partial charge on any atom is 0.179 e. The molecule has 0 saturated carbocycles. The Kier molecular flexibility index (Phi) is 5.29. The van der Waals surface area contributed by atoms with E-state index in [1.165, 1.54) is 11.1 Å². The van der Waals surface area contributed by atoms with Crippen LogP contribution in [0, 0.1) is 6.92 Å². The van der Waals surface area contributed by atoms with Crippen molar-refractivity contribution in [2.24, 2.45) is 0 Å². The van der Waals surface area contributed by atoms with Crippen molar-refractivity contribution in [1.29, 1.82) is 0 Å². The highest BCUT2D eigenvalue weighted by Gasteiger charge is 2.22. The van der Waals surface area contributed by atoms with Crippen LogP contribution in [-0.2, 0) is 6.54 Å². The number of carbonyl (C=O) groups is 1. The molecule has 0 aliphatic carbocycles. The van der Waals surface area contributed by atoms with Crippen molar-refractivity contribution >= 4 is 5.78 Å². The van der Waals surface area contributed by atoms with Gasteiger partial charge in [-0.3, -0.25) is 9.69 Å². The molecule has 0 heterocycles. The van der Waals surface area contributed by atoms with Crippen LogP contribution in [-0.4, -0.2) is 23.8 Å². The lowest BCUT2D eigenvalue weighted by molar-refractivity contribution is 0.0838. The number of ketones is 1. The maximum absolute atomic E-state index is 12.6. The molecule has 0 aliphatic heterocycles. The number of hydrogen-bond acceptors (Lipinski definition) is 2. The van der Waals surface area contributed by atoms with Crippen molar-refractivity contribution in [3.05, 3.63) is 71.3 Å². The molecule has 1 unspecified atom stereocenters. The molecule has 110 valence electrons. The maximum atomic E-state index is 12.6. The summed E-state index contributed by atoms with van der Waals surface area (Å²) in [5, 5.41) is 0. The fourth-order valence-electron chi connectivity index (χ4n) is 2.58. The summed E-state index contributed by atoms with van der Waals surface area (Å²) in [6, 6.07) is 18.0. The number of benzene rings is 2. The molecule has 0 aromatic heterocycles. The van der Waals surface area contributed by atoms with E-state index in [1.807, 2.05) is 37.4 Å². The van der Waals surface area contributed by atoms with E-state index in [0.717, 1.165) is 18.5 Å². The predicted molar refractivity (Wildman–Crippen MR) is 87.5 cm³/mol. The molecule has 2 nitrogen and oxygen atoms in total. The van der Waals surface area contributed by atoms with Crippen LogP contribution in [0.3, 0.4) is 0 Å². The van der Waals surface area contributed by atoms with E-state index in [9.17, 15) is 4.79 Å². The first-order valence-electron chi connectivity index (χ1n) is 7.47. The Morgan fingerprint density at radius 2 is 1.67 bits per heavy atom. The minimum Gasteiger partial charge on any atom is -0.292 e. The van der Waals surface area contributed by atoms with Crippen molar-refractivity contribution in [3.63, 3.8) is 0 Å². The number of nitrogens with zero attached hydrogens (tertiary/aromatic N) is 1. The second-order valence-electron chi connectivity index (χ2n) is 5.56. The summed E-state index contributed by atoms with van der Waals surface area (Å²) in [6.45, 7) is 4.94. The van der Waals surface area contributed by atoms with Gasteiger partial charge in [-0.1, -0.05) is 67.1 Å². The smallest absolute Gasteiger partial charge is 0.179 e. The summed E-state index contributed by atoms with van der Waals surface area (Å²) >= 11 is 0. The molecule has 0 saturated heterocycles. The van der Waals surface area contributed by atoms with Gasteiger partial charge in [0.2, 0.25) is 0 Å². The lowest BCUT2D eigenvalue weighted by Crippen LogP contribution is -2.37.